The molecule has 4 rings (SSSR count). The molecule has 2 unspecified atom stereocenters. The molecule has 1 heterocycles. The Morgan fingerprint density at radius 2 is 1.79 bits per heavy atom. The van der Waals surface area contributed by atoms with Crippen LogP contribution in [0.2, 0.25) is 5.02 Å². The van der Waals surface area contributed by atoms with Gasteiger partial charge in [0.2, 0.25) is 0 Å². The highest BCUT2D eigenvalue weighted by molar-refractivity contribution is 6.31. The summed E-state index contributed by atoms with van der Waals surface area (Å²) in [6.07, 6.45) is 4.26. The Morgan fingerprint density at radius 3 is 2.56 bits per heavy atom. The van der Waals surface area contributed by atoms with Crippen molar-refractivity contribution in [1.29, 1.82) is 0 Å². The number of carbonyl (C=O) groups is 1. The van der Waals surface area contributed by atoms with Crippen LogP contribution in [0, 0.1) is 0 Å². The van der Waals surface area contributed by atoms with E-state index >= 15 is 0 Å². The summed E-state index contributed by atoms with van der Waals surface area (Å²) in [4.78, 5) is 12.5. The Bertz CT molecular complexity index is 1160. The standard InChI is InChI=1S/C27H27ClN4O2/c1-19(15-20-7-3-2-4-8-20)17-29-32-27(33)26-16-25(30-31-26)21-11-13-23(14-12-21)34-18-22-9-5-6-10-24(22)28/h2-15,17,25-26,30-31H,16,18H2,1H3,(H,32,33)/b19-15-,29-17+. The fraction of sp³-hybridized carbons (Fsp3) is 0.185. The molecule has 34 heavy (non-hydrogen) atoms. The number of carbonyl (C=O) groups excluding carboxylic acids is 1. The minimum atomic E-state index is -0.378. The third-order valence-electron chi connectivity index (χ3n) is 5.49. The second-order valence-electron chi connectivity index (χ2n) is 8.11. The van der Waals surface area contributed by atoms with Gasteiger partial charge in [-0.3, -0.25) is 4.79 Å². The number of halogens is 1. The van der Waals surface area contributed by atoms with E-state index < -0.39 is 0 Å². The average molecular weight is 475 g/mol. The van der Waals surface area contributed by atoms with Crippen molar-refractivity contribution in [3.05, 3.63) is 106 Å². The third kappa shape index (κ3) is 6.54. The average Bonchev–Trinajstić information content (AvgIpc) is 3.35. The molecule has 1 amide bonds. The molecule has 3 aromatic carbocycles. The Hall–Kier alpha value is -3.45. The van der Waals surface area contributed by atoms with Crippen LogP contribution in [-0.2, 0) is 11.4 Å². The maximum atomic E-state index is 12.5. The van der Waals surface area contributed by atoms with Crippen molar-refractivity contribution < 1.29 is 9.53 Å². The SMILES string of the molecule is CC(=C/c1ccccc1)/C=N/NC(=O)C1CC(c2ccc(OCc3ccccc3Cl)cc2)NN1. The van der Waals surface area contributed by atoms with Gasteiger partial charge in [0.25, 0.3) is 5.91 Å². The van der Waals surface area contributed by atoms with Gasteiger partial charge in [0, 0.05) is 16.6 Å². The van der Waals surface area contributed by atoms with Crippen LogP contribution >= 0.6 is 11.6 Å². The maximum Gasteiger partial charge on any atom is 0.258 e. The summed E-state index contributed by atoms with van der Waals surface area (Å²) in [7, 11) is 0. The number of benzene rings is 3. The van der Waals surface area contributed by atoms with Gasteiger partial charge in [-0.2, -0.15) is 5.10 Å². The van der Waals surface area contributed by atoms with Crippen molar-refractivity contribution in [3.63, 3.8) is 0 Å². The highest BCUT2D eigenvalue weighted by Gasteiger charge is 2.30. The highest BCUT2D eigenvalue weighted by atomic mass is 35.5. The summed E-state index contributed by atoms with van der Waals surface area (Å²) in [6, 6.07) is 25.1. The fourth-order valence-corrected chi connectivity index (χ4v) is 3.83. The lowest BCUT2D eigenvalue weighted by Crippen LogP contribution is -2.41. The predicted molar refractivity (Wildman–Crippen MR) is 136 cm³/mol. The van der Waals surface area contributed by atoms with Crippen LogP contribution in [0.25, 0.3) is 6.08 Å². The molecule has 0 aromatic heterocycles. The number of amides is 1. The van der Waals surface area contributed by atoms with E-state index in [9.17, 15) is 4.79 Å². The summed E-state index contributed by atoms with van der Waals surface area (Å²) in [5, 5.41) is 4.78. The lowest BCUT2D eigenvalue weighted by Gasteiger charge is -2.12. The van der Waals surface area contributed by atoms with E-state index in [-0.39, 0.29) is 18.0 Å². The first-order valence-electron chi connectivity index (χ1n) is 11.1. The maximum absolute atomic E-state index is 12.5. The van der Waals surface area contributed by atoms with Crippen LogP contribution in [0.5, 0.6) is 5.75 Å². The zero-order chi connectivity index (χ0) is 23.8. The summed E-state index contributed by atoms with van der Waals surface area (Å²) < 4.78 is 5.85. The molecule has 0 saturated carbocycles. The Kier molecular flexibility index (Phi) is 8.09. The van der Waals surface area contributed by atoms with Gasteiger partial charge in [0.1, 0.15) is 18.4 Å². The predicted octanol–water partition coefficient (Wildman–Crippen LogP) is 5.03. The monoisotopic (exact) mass is 474 g/mol. The van der Waals surface area contributed by atoms with Crippen LogP contribution in [0.3, 0.4) is 0 Å². The number of hydrazone groups is 1. The zero-order valence-corrected chi connectivity index (χ0v) is 19.6. The minimum Gasteiger partial charge on any atom is -0.489 e. The molecule has 0 spiro atoms. The molecule has 1 aliphatic rings. The lowest BCUT2D eigenvalue weighted by molar-refractivity contribution is -0.122. The van der Waals surface area contributed by atoms with Gasteiger partial charge < -0.3 is 4.74 Å². The smallest absolute Gasteiger partial charge is 0.258 e. The van der Waals surface area contributed by atoms with Gasteiger partial charge in [-0.25, -0.2) is 16.3 Å². The van der Waals surface area contributed by atoms with Crippen LogP contribution in [0.4, 0.5) is 0 Å². The van der Waals surface area contributed by atoms with Gasteiger partial charge in [0.15, 0.2) is 0 Å². The van der Waals surface area contributed by atoms with E-state index in [0.717, 1.165) is 28.0 Å². The summed E-state index contributed by atoms with van der Waals surface area (Å²) in [6.45, 7) is 2.35. The topological polar surface area (TPSA) is 74.8 Å². The van der Waals surface area contributed by atoms with Gasteiger partial charge in [0.05, 0.1) is 6.21 Å². The quantitative estimate of drug-likeness (QED) is 0.316. The molecule has 0 aliphatic carbocycles. The van der Waals surface area contributed by atoms with Crippen molar-refractivity contribution in [2.24, 2.45) is 5.10 Å². The molecular weight excluding hydrogens is 448 g/mol. The van der Waals surface area contributed by atoms with Crippen molar-refractivity contribution in [2.45, 2.75) is 32.0 Å². The van der Waals surface area contributed by atoms with E-state index in [1.165, 1.54) is 0 Å². The van der Waals surface area contributed by atoms with Crippen molar-refractivity contribution in [3.8, 4) is 5.75 Å². The zero-order valence-electron chi connectivity index (χ0n) is 18.9. The lowest BCUT2D eigenvalue weighted by atomic mass is 10.0. The number of rotatable bonds is 8. The number of nitrogens with one attached hydrogen (secondary N) is 3. The molecule has 3 N–H and O–H groups in total. The number of ether oxygens (including phenoxy) is 1. The molecule has 1 aliphatic heterocycles. The van der Waals surface area contributed by atoms with Crippen LogP contribution in [0.1, 0.15) is 36.1 Å². The molecule has 1 saturated heterocycles. The third-order valence-corrected chi connectivity index (χ3v) is 5.86. The molecule has 0 radical (unpaired) electrons. The van der Waals surface area contributed by atoms with Crippen LogP contribution in [0.15, 0.2) is 89.5 Å². The number of hydrogen-bond acceptors (Lipinski definition) is 5. The summed E-state index contributed by atoms with van der Waals surface area (Å²) >= 11 is 6.18. The van der Waals surface area contributed by atoms with E-state index in [1.54, 1.807) is 6.21 Å². The first-order valence-corrected chi connectivity index (χ1v) is 11.5. The number of nitrogens with zero attached hydrogens (tertiary/aromatic N) is 1. The second-order valence-corrected chi connectivity index (χ2v) is 8.52. The largest absolute Gasteiger partial charge is 0.489 e. The normalized spacial score (nSPS) is 18.2. The van der Waals surface area contributed by atoms with Crippen molar-refractivity contribution in [1.82, 2.24) is 16.3 Å². The van der Waals surface area contributed by atoms with Crippen molar-refractivity contribution >= 4 is 29.8 Å². The Balaban J connectivity index is 1.25. The van der Waals surface area contributed by atoms with Gasteiger partial charge in [-0.1, -0.05) is 78.3 Å². The minimum absolute atomic E-state index is 0.0112. The number of hydrazine groups is 1. The summed E-state index contributed by atoms with van der Waals surface area (Å²) in [5.74, 6) is 0.579. The molecule has 7 heteroatoms. The molecule has 1 fully saturated rings. The van der Waals surface area contributed by atoms with E-state index in [4.69, 9.17) is 16.3 Å². The van der Waals surface area contributed by atoms with Gasteiger partial charge in [-0.15, -0.1) is 0 Å². The van der Waals surface area contributed by atoms with Crippen molar-refractivity contribution in [2.75, 3.05) is 0 Å². The van der Waals surface area contributed by atoms with Gasteiger partial charge in [-0.05, 0) is 48.2 Å². The summed E-state index contributed by atoms with van der Waals surface area (Å²) in [5.41, 5.74) is 12.9. The molecule has 6 nitrogen and oxygen atoms in total. The van der Waals surface area contributed by atoms with Crippen LogP contribution in [-0.4, -0.2) is 18.2 Å². The molecular formula is C27H27ClN4O2. The second kappa shape index (κ2) is 11.6. The molecule has 0 bridgehead atoms. The first kappa shape index (κ1) is 23.7. The number of allylic oxidation sites excluding steroid dienone is 1. The Morgan fingerprint density at radius 1 is 1.06 bits per heavy atom. The van der Waals surface area contributed by atoms with Gasteiger partial charge >= 0.3 is 0 Å². The van der Waals surface area contributed by atoms with E-state index in [1.807, 2.05) is 91.9 Å². The number of hydrogen-bond donors (Lipinski definition) is 3. The van der Waals surface area contributed by atoms with Crippen LogP contribution < -0.4 is 21.0 Å². The molecule has 174 valence electrons. The molecule has 3 aromatic rings. The fourth-order valence-electron chi connectivity index (χ4n) is 3.64. The molecule has 2 atom stereocenters. The highest BCUT2D eigenvalue weighted by Crippen LogP contribution is 2.25. The van der Waals surface area contributed by atoms with E-state index in [2.05, 4.69) is 21.4 Å². The Labute approximate surface area is 204 Å². The first-order chi connectivity index (χ1) is 16.6. The van der Waals surface area contributed by atoms with E-state index in [0.29, 0.717) is 18.1 Å².